The van der Waals surface area contributed by atoms with Crippen molar-refractivity contribution in [3.8, 4) is 23.0 Å². The van der Waals surface area contributed by atoms with E-state index in [1.54, 1.807) is 45.4 Å². The summed E-state index contributed by atoms with van der Waals surface area (Å²) in [6.07, 6.45) is 3.85. The Morgan fingerprint density at radius 3 is 1.61 bits per heavy atom. The van der Waals surface area contributed by atoms with Crippen LogP contribution in [-0.2, 0) is 22.7 Å². The smallest absolute Gasteiger partial charge is 0.330 e. The number of carbonyl (C=O) groups excluding carboxylic acids is 2. The van der Waals surface area contributed by atoms with E-state index in [0.717, 1.165) is 23.0 Å². The predicted octanol–water partition coefficient (Wildman–Crippen LogP) is 6.94. The molecule has 7 nitrogen and oxygen atoms in total. The Hall–Kier alpha value is -5.04. The highest BCUT2D eigenvalue weighted by Gasteiger charge is 2.07. The van der Waals surface area contributed by atoms with E-state index in [0.29, 0.717) is 48.4 Å². The van der Waals surface area contributed by atoms with E-state index in [-0.39, 0.29) is 5.97 Å². The number of hydrogen-bond donors (Lipinski definition) is 0. The van der Waals surface area contributed by atoms with Gasteiger partial charge in [-0.2, -0.15) is 0 Å². The second-order valence-corrected chi connectivity index (χ2v) is 8.57. The number of methoxy groups -OCH3 is 2. The standard InChI is InChI=1S/C19H20O4.C15H14O3/c1-3-22-19(20)12-10-15-9-11-17(18(13-15)21-2)23-14-16-7-5-4-6-8-16;1-17-15-9-13(10-16)7-8-14(15)18-11-12-5-3-2-4-6-12/h4-13H,3,14H2,1-2H3;2-10H,11H2,1H3. The first-order valence-electron chi connectivity index (χ1n) is 13.1. The summed E-state index contributed by atoms with van der Waals surface area (Å²) in [4.78, 5) is 22.0. The van der Waals surface area contributed by atoms with Crippen LogP contribution in [0.15, 0.2) is 103 Å². The molecule has 212 valence electrons. The van der Waals surface area contributed by atoms with Crippen molar-refractivity contribution in [3.63, 3.8) is 0 Å². The zero-order chi connectivity index (χ0) is 29.3. The number of esters is 1. The predicted molar refractivity (Wildman–Crippen MR) is 159 cm³/mol. The number of rotatable bonds is 12. The van der Waals surface area contributed by atoms with Crippen LogP contribution < -0.4 is 18.9 Å². The van der Waals surface area contributed by atoms with Crippen molar-refractivity contribution >= 4 is 18.3 Å². The second-order valence-electron chi connectivity index (χ2n) is 8.57. The number of hydrogen-bond acceptors (Lipinski definition) is 7. The molecule has 0 amide bonds. The monoisotopic (exact) mass is 554 g/mol. The summed E-state index contributed by atoms with van der Waals surface area (Å²) < 4.78 is 26.9. The molecule has 4 aromatic carbocycles. The van der Waals surface area contributed by atoms with Crippen LogP contribution in [0.5, 0.6) is 23.0 Å². The molecular weight excluding hydrogens is 520 g/mol. The molecule has 0 spiro atoms. The summed E-state index contributed by atoms with van der Waals surface area (Å²) >= 11 is 0. The van der Waals surface area contributed by atoms with Gasteiger partial charge in [0, 0.05) is 11.6 Å². The molecule has 0 N–H and O–H groups in total. The minimum atomic E-state index is -0.365. The minimum Gasteiger partial charge on any atom is -0.493 e. The molecule has 0 unspecified atom stereocenters. The molecule has 0 atom stereocenters. The van der Waals surface area contributed by atoms with Crippen LogP contribution in [0.1, 0.15) is 34.0 Å². The number of ether oxygens (including phenoxy) is 5. The molecule has 0 heterocycles. The second kappa shape index (κ2) is 16.8. The zero-order valence-corrected chi connectivity index (χ0v) is 23.4. The largest absolute Gasteiger partial charge is 0.493 e. The molecule has 0 aromatic heterocycles. The molecule has 0 aliphatic heterocycles. The summed E-state index contributed by atoms with van der Waals surface area (Å²) in [6.45, 7) is 3.07. The lowest BCUT2D eigenvalue weighted by Crippen LogP contribution is -1.99. The molecule has 4 aromatic rings. The summed E-state index contributed by atoms with van der Waals surface area (Å²) in [5.74, 6) is 2.11. The highest BCUT2D eigenvalue weighted by molar-refractivity contribution is 5.87. The van der Waals surface area contributed by atoms with Gasteiger partial charge in [0.15, 0.2) is 23.0 Å². The molecule has 41 heavy (non-hydrogen) atoms. The highest BCUT2D eigenvalue weighted by atomic mass is 16.5. The van der Waals surface area contributed by atoms with Crippen LogP contribution in [0.2, 0.25) is 0 Å². The molecule has 0 saturated heterocycles. The van der Waals surface area contributed by atoms with Gasteiger partial charge in [0.25, 0.3) is 0 Å². The van der Waals surface area contributed by atoms with E-state index in [1.807, 2.05) is 78.9 Å². The zero-order valence-electron chi connectivity index (χ0n) is 23.4. The van der Waals surface area contributed by atoms with Gasteiger partial charge in [0.1, 0.15) is 19.5 Å². The maximum Gasteiger partial charge on any atom is 0.330 e. The van der Waals surface area contributed by atoms with Crippen molar-refractivity contribution in [2.75, 3.05) is 20.8 Å². The molecule has 7 heteroatoms. The van der Waals surface area contributed by atoms with E-state index in [2.05, 4.69) is 0 Å². The Morgan fingerprint density at radius 2 is 1.15 bits per heavy atom. The van der Waals surface area contributed by atoms with Crippen LogP contribution >= 0.6 is 0 Å². The van der Waals surface area contributed by atoms with Crippen molar-refractivity contribution in [2.45, 2.75) is 20.1 Å². The lowest BCUT2D eigenvalue weighted by atomic mass is 10.2. The van der Waals surface area contributed by atoms with E-state index in [4.69, 9.17) is 23.7 Å². The Morgan fingerprint density at radius 1 is 0.659 bits per heavy atom. The number of carbonyl (C=O) groups is 2. The maximum atomic E-state index is 11.3. The SMILES string of the molecule is CCOC(=O)C=Cc1ccc(OCc2ccccc2)c(OC)c1.COc1cc(C=O)ccc1OCc1ccccc1. The van der Waals surface area contributed by atoms with E-state index in [9.17, 15) is 9.59 Å². The number of aldehydes is 1. The summed E-state index contributed by atoms with van der Waals surface area (Å²) in [5.41, 5.74) is 3.57. The molecule has 0 saturated carbocycles. The van der Waals surface area contributed by atoms with Gasteiger partial charge < -0.3 is 23.7 Å². The fourth-order valence-corrected chi connectivity index (χ4v) is 3.61. The molecule has 0 bridgehead atoms. The topological polar surface area (TPSA) is 80.3 Å². The summed E-state index contributed by atoms with van der Waals surface area (Å²) in [6, 6.07) is 30.4. The molecular formula is C34H34O7. The lowest BCUT2D eigenvalue weighted by Gasteiger charge is -2.11. The Balaban J connectivity index is 0.000000232. The quantitative estimate of drug-likeness (QED) is 0.107. The molecule has 0 radical (unpaired) electrons. The van der Waals surface area contributed by atoms with Gasteiger partial charge in [0.05, 0.1) is 20.8 Å². The highest BCUT2D eigenvalue weighted by Crippen LogP contribution is 2.30. The van der Waals surface area contributed by atoms with Crippen LogP contribution in [0.4, 0.5) is 0 Å². The third kappa shape index (κ3) is 10.2. The van der Waals surface area contributed by atoms with E-state index in [1.165, 1.54) is 6.08 Å². The first-order valence-corrected chi connectivity index (χ1v) is 13.1. The Labute approximate surface area is 240 Å². The van der Waals surface area contributed by atoms with Gasteiger partial charge in [-0.25, -0.2) is 4.79 Å². The van der Waals surface area contributed by atoms with E-state index < -0.39 is 0 Å². The molecule has 4 rings (SSSR count). The Bertz CT molecular complexity index is 1400. The van der Waals surface area contributed by atoms with Crippen LogP contribution in [0.25, 0.3) is 6.08 Å². The fraction of sp³-hybridized carbons (Fsp3) is 0.176. The molecule has 0 fully saturated rings. The third-order valence-electron chi connectivity index (χ3n) is 5.68. The average Bonchev–Trinajstić information content (AvgIpc) is 3.03. The lowest BCUT2D eigenvalue weighted by molar-refractivity contribution is -0.137. The van der Waals surface area contributed by atoms with E-state index >= 15 is 0 Å². The van der Waals surface area contributed by atoms with Crippen molar-refractivity contribution in [1.82, 2.24) is 0 Å². The van der Waals surface area contributed by atoms with Crippen LogP contribution in [-0.4, -0.2) is 33.1 Å². The van der Waals surface area contributed by atoms with Crippen LogP contribution in [0.3, 0.4) is 0 Å². The third-order valence-corrected chi connectivity index (χ3v) is 5.68. The summed E-state index contributed by atoms with van der Waals surface area (Å²) in [5, 5.41) is 0. The van der Waals surface area contributed by atoms with Crippen molar-refractivity contribution in [3.05, 3.63) is 125 Å². The van der Waals surface area contributed by atoms with Gasteiger partial charge in [0.2, 0.25) is 0 Å². The van der Waals surface area contributed by atoms with Gasteiger partial charge >= 0.3 is 5.97 Å². The first-order chi connectivity index (χ1) is 20.1. The minimum absolute atomic E-state index is 0.360. The van der Waals surface area contributed by atoms with Crippen LogP contribution in [0, 0.1) is 0 Å². The fourth-order valence-electron chi connectivity index (χ4n) is 3.61. The average molecular weight is 555 g/mol. The van der Waals surface area contributed by atoms with Crippen molar-refractivity contribution in [2.24, 2.45) is 0 Å². The van der Waals surface area contributed by atoms with Gasteiger partial charge in [-0.15, -0.1) is 0 Å². The van der Waals surface area contributed by atoms with Gasteiger partial charge in [-0.3, -0.25) is 4.79 Å². The molecule has 0 aliphatic rings. The first kappa shape index (κ1) is 30.5. The summed E-state index contributed by atoms with van der Waals surface area (Å²) in [7, 11) is 3.14. The van der Waals surface area contributed by atoms with Gasteiger partial charge in [-0.1, -0.05) is 66.7 Å². The Kier molecular flexibility index (Phi) is 12.5. The van der Waals surface area contributed by atoms with Crippen molar-refractivity contribution < 1.29 is 33.3 Å². The maximum absolute atomic E-state index is 11.3. The molecule has 0 aliphatic carbocycles. The number of benzene rings is 4. The normalized spacial score (nSPS) is 10.2. The van der Waals surface area contributed by atoms with Gasteiger partial charge in [-0.05, 0) is 60.0 Å². The van der Waals surface area contributed by atoms with Crippen molar-refractivity contribution in [1.29, 1.82) is 0 Å².